The third-order valence-electron chi connectivity index (χ3n) is 4.31. The molecular formula is C20H27N5O. The summed E-state index contributed by atoms with van der Waals surface area (Å²) in [5, 5.41) is 3.01. The third kappa shape index (κ3) is 4.36. The molecule has 0 unspecified atom stereocenters. The Hall–Kier alpha value is -2.50. The third-order valence-corrected chi connectivity index (χ3v) is 4.31. The minimum Gasteiger partial charge on any atom is -0.350 e. The minimum atomic E-state index is -0.248. The van der Waals surface area contributed by atoms with E-state index in [0.717, 1.165) is 42.9 Å². The standard InChI is InChI=1S/C20H27N5O/c1-20(2,3)24-17(26)13-25(4)19-14-9-5-6-10-15(14)22-18(23-19)16-11-7-8-12-21-16/h7-8,11-12H,5-6,9-10,13H2,1-4H3,(H,24,26). The van der Waals surface area contributed by atoms with Crippen molar-refractivity contribution in [1.82, 2.24) is 20.3 Å². The Balaban J connectivity index is 1.93. The number of pyridine rings is 1. The van der Waals surface area contributed by atoms with Crippen LogP contribution in [0.15, 0.2) is 24.4 Å². The molecule has 0 saturated heterocycles. The molecule has 138 valence electrons. The van der Waals surface area contributed by atoms with Gasteiger partial charge in [-0.2, -0.15) is 0 Å². The molecule has 6 nitrogen and oxygen atoms in total. The van der Waals surface area contributed by atoms with Gasteiger partial charge in [0.15, 0.2) is 5.82 Å². The van der Waals surface area contributed by atoms with E-state index in [1.54, 1.807) is 6.20 Å². The van der Waals surface area contributed by atoms with Gasteiger partial charge in [0.2, 0.25) is 5.91 Å². The molecule has 2 aromatic rings. The van der Waals surface area contributed by atoms with Crippen LogP contribution in [0.3, 0.4) is 0 Å². The van der Waals surface area contributed by atoms with E-state index < -0.39 is 0 Å². The Kier molecular flexibility index (Phi) is 5.20. The van der Waals surface area contributed by atoms with Gasteiger partial charge in [0.25, 0.3) is 0 Å². The maximum absolute atomic E-state index is 12.4. The monoisotopic (exact) mass is 353 g/mol. The molecule has 1 N–H and O–H groups in total. The molecule has 1 aliphatic carbocycles. The molecule has 26 heavy (non-hydrogen) atoms. The summed E-state index contributed by atoms with van der Waals surface area (Å²) >= 11 is 0. The maximum atomic E-state index is 12.4. The van der Waals surface area contributed by atoms with E-state index in [2.05, 4.69) is 10.3 Å². The van der Waals surface area contributed by atoms with Gasteiger partial charge < -0.3 is 10.2 Å². The summed E-state index contributed by atoms with van der Waals surface area (Å²) in [6, 6.07) is 5.73. The highest BCUT2D eigenvalue weighted by molar-refractivity contribution is 5.82. The van der Waals surface area contributed by atoms with Crippen molar-refractivity contribution in [3.8, 4) is 11.5 Å². The first-order valence-corrected chi connectivity index (χ1v) is 9.17. The Bertz CT molecular complexity index is 783. The second kappa shape index (κ2) is 7.40. The van der Waals surface area contributed by atoms with E-state index in [0.29, 0.717) is 5.82 Å². The largest absolute Gasteiger partial charge is 0.350 e. The predicted molar refractivity (Wildman–Crippen MR) is 103 cm³/mol. The van der Waals surface area contributed by atoms with E-state index >= 15 is 0 Å². The first-order valence-electron chi connectivity index (χ1n) is 9.17. The fourth-order valence-electron chi connectivity index (χ4n) is 3.25. The van der Waals surface area contributed by atoms with Crippen molar-refractivity contribution >= 4 is 11.7 Å². The first-order chi connectivity index (χ1) is 12.3. The molecule has 6 heteroatoms. The molecule has 0 fully saturated rings. The van der Waals surface area contributed by atoms with Crippen LogP contribution in [-0.2, 0) is 17.6 Å². The van der Waals surface area contributed by atoms with Gasteiger partial charge in [-0.15, -0.1) is 0 Å². The van der Waals surface area contributed by atoms with Crippen LogP contribution in [0.5, 0.6) is 0 Å². The zero-order valence-electron chi connectivity index (χ0n) is 16.0. The normalized spacial score (nSPS) is 13.8. The number of amides is 1. The van der Waals surface area contributed by atoms with Crippen molar-refractivity contribution in [2.24, 2.45) is 0 Å². The van der Waals surface area contributed by atoms with E-state index in [9.17, 15) is 4.79 Å². The molecule has 1 aliphatic rings. The van der Waals surface area contributed by atoms with Crippen molar-refractivity contribution < 1.29 is 4.79 Å². The number of hydrogen-bond donors (Lipinski definition) is 1. The van der Waals surface area contributed by atoms with Crippen LogP contribution in [0.4, 0.5) is 5.82 Å². The van der Waals surface area contributed by atoms with Crippen LogP contribution in [-0.4, -0.2) is 40.0 Å². The summed E-state index contributed by atoms with van der Waals surface area (Å²) in [4.78, 5) is 28.2. The molecule has 0 spiro atoms. The fourth-order valence-corrected chi connectivity index (χ4v) is 3.25. The summed E-state index contributed by atoms with van der Waals surface area (Å²) in [6.45, 7) is 6.21. The van der Waals surface area contributed by atoms with Crippen LogP contribution < -0.4 is 10.2 Å². The first kappa shape index (κ1) is 18.3. The van der Waals surface area contributed by atoms with Gasteiger partial charge in [0, 0.05) is 30.0 Å². The van der Waals surface area contributed by atoms with E-state index in [1.165, 1.54) is 5.56 Å². The number of nitrogens with one attached hydrogen (secondary N) is 1. The molecule has 2 heterocycles. The maximum Gasteiger partial charge on any atom is 0.239 e. The van der Waals surface area contributed by atoms with Gasteiger partial charge in [-0.3, -0.25) is 9.78 Å². The number of nitrogens with zero attached hydrogens (tertiary/aromatic N) is 4. The molecule has 0 aromatic carbocycles. The smallest absolute Gasteiger partial charge is 0.239 e. The number of likely N-dealkylation sites (N-methyl/N-ethyl adjacent to an activating group) is 1. The van der Waals surface area contributed by atoms with Crippen LogP contribution in [0.1, 0.15) is 44.9 Å². The summed E-state index contributed by atoms with van der Waals surface area (Å²) in [5.74, 6) is 1.46. The van der Waals surface area contributed by atoms with Crippen LogP contribution >= 0.6 is 0 Å². The van der Waals surface area contributed by atoms with E-state index in [1.807, 2.05) is 50.9 Å². The number of aryl methyl sites for hydroxylation is 1. The highest BCUT2D eigenvalue weighted by Crippen LogP contribution is 2.29. The molecule has 0 atom stereocenters. The lowest BCUT2D eigenvalue weighted by Crippen LogP contribution is -2.45. The molecule has 0 saturated carbocycles. The van der Waals surface area contributed by atoms with E-state index in [-0.39, 0.29) is 18.0 Å². The second-order valence-corrected chi connectivity index (χ2v) is 7.87. The van der Waals surface area contributed by atoms with Crippen LogP contribution in [0, 0.1) is 0 Å². The molecule has 0 bridgehead atoms. The Morgan fingerprint density at radius 2 is 1.96 bits per heavy atom. The lowest BCUT2D eigenvalue weighted by atomic mass is 9.96. The van der Waals surface area contributed by atoms with Gasteiger partial charge >= 0.3 is 0 Å². The second-order valence-electron chi connectivity index (χ2n) is 7.87. The predicted octanol–water partition coefficient (Wildman–Crippen LogP) is 2.77. The van der Waals surface area contributed by atoms with Crippen molar-refractivity contribution in [2.45, 2.75) is 52.0 Å². The lowest BCUT2D eigenvalue weighted by molar-refractivity contribution is -0.121. The summed E-state index contributed by atoms with van der Waals surface area (Å²) in [6.07, 6.45) is 5.93. The highest BCUT2D eigenvalue weighted by Gasteiger charge is 2.23. The number of carbonyl (C=O) groups excluding carboxylic acids is 1. The van der Waals surface area contributed by atoms with Gasteiger partial charge in [-0.05, 0) is 58.6 Å². The highest BCUT2D eigenvalue weighted by atomic mass is 16.2. The van der Waals surface area contributed by atoms with E-state index in [4.69, 9.17) is 9.97 Å². The number of fused-ring (bicyclic) bond motifs is 1. The van der Waals surface area contributed by atoms with Gasteiger partial charge in [-0.25, -0.2) is 9.97 Å². The molecule has 1 amide bonds. The lowest BCUT2D eigenvalue weighted by Gasteiger charge is -2.27. The molecule has 2 aromatic heterocycles. The zero-order chi connectivity index (χ0) is 18.7. The molecule has 0 aliphatic heterocycles. The number of aromatic nitrogens is 3. The number of hydrogen-bond acceptors (Lipinski definition) is 5. The number of rotatable bonds is 4. The zero-order valence-corrected chi connectivity index (χ0v) is 16.0. The number of carbonyl (C=O) groups is 1. The quantitative estimate of drug-likeness (QED) is 0.915. The van der Waals surface area contributed by atoms with Crippen LogP contribution in [0.25, 0.3) is 11.5 Å². The Morgan fingerprint density at radius 3 is 2.65 bits per heavy atom. The van der Waals surface area contributed by atoms with Crippen molar-refractivity contribution in [1.29, 1.82) is 0 Å². The summed E-state index contributed by atoms with van der Waals surface area (Å²) in [7, 11) is 1.92. The average Bonchev–Trinajstić information content (AvgIpc) is 2.59. The molecule has 3 rings (SSSR count). The average molecular weight is 353 g/mol. The fraction of sp³-hybridized carbons (Fsp3) is 0.500. The minimum absolute atomic E-state index is 0.0115. The van der Waals surface area contributed by atoms with Crippen LogP contribution in [0.2, 0.25) is 0 Å². The molecular weight excluding hydrogens is 326 g/mol. The van der Waals surface area contributed by atoms with Crippen molar-refractivity contribution in [3.05, 3.63) is 35.7 Å². The topological polar surface area (TPSA) is 71.0 Å². The number of anilines is 1. The van der Waals surface area contributed by atoms with Gasteiger partial charge in [0.05, 0.1) is 6.54 Å². The Morgan fingerprint density at radius 1 is 1.19 bits per heavy atom. The van der Waals surface area contributed by atoms with Gasteiger partial charge in [0.1, 0.15) is 11.5 Å². The summed E-state index contributed by atoms with van der Waals surface area (Å²) < 4.78 is 0. The van der Waals surface area contributed by atoms with Crippen molar-refractivity contribution in [3.63, 3.8) is 0 Å². The van der Waals surface area contributed by atoms with Gasteiger partial charge in [-0.1, -0.05) is 6.07 Å². The van der Waals surface area contributed by atoms with Crippen molar-refractivity contribution in [2.75, 3.05) is 18.5 Å². The molecule has 0 radical (unpaired) electrons. The summed E-state index contributed by atoms with van der Waals surface area (Å²) in [5.41, 5.74) is 2.77. The SMILES string of the molecule is CN(CC(=O)NC(C)(C)C)c1nc(-c2ccccn2)nc2c1CCCC2. The Labute approximate surface area is 155 Å².